The van der Waals surface area contributed by atoms with E-state index in [1.54, 1.807) is 11.0 Å². The number of carbonyl (C=O) groups is 1. The van der Waals surface area contributed by atoms with Crippen LogP contribution in [0, 0.1) is 0 Å². The molecule has 0 atom stereocenters. The molecule has 1 aliphatic carbocycles. The Labute approximate surface area is 155 Å². The van der Waals surface area contributed by atoms with Crippen LogP contribution in [0.5, 0.6) is 0 Å². The standard InChI is InChI=1S/C20H26N2O3S/c1-3-12-22-19-10-9-18(13-17(19)8-11-20(22)23)21-26(24,25)14-16-6-4-15(2)5-7-16/h4,6,9-10,13,21H,3,5,7-8,11-12,14H2,1-2H3. The fraction of sp³-hybridized carbons (Fsp3) is 0.450. The predicted octanol–water partition coefficient (Wildman–Crippen LogP) is 3.78. The van der Waals surface area contributed by atoms with Crippen molar-refractivity contribution in [2.24, 2.45) is 0 Å². The Morgan fingerprint density at radius 1 is 1.12 bits per heavy atom. The van der Waals surface area contributed by atoms with E-state index < -0.39 is 10.0 Å². The number of allylic oxidation sites excluding steroid dienone is 3. The van der Waals surface area contributed by atoms with E-state index in [1.165, 1.54) is 5.57 Å². The van der Waals surface area contributed by atoms with Crippen LogP contribution in [0.4, 0.5) is 11.4 Å². The van der Waals surface area contributed by atoms with Gasteiger partial charge >= 0.3 is 0 Å². The SMILES string of the molecule is CCCN1C(=O)CCc2cc(NS(=O)(=O)CC3=CC=C(C)CC3)ccc21. The zero-order valence-corrected chi connectivity index (χ0v) is 16.2. The number of amides is 1. The van der Waals surface area contributed by atoms with Gasteiger partial charge in [-0.1, -0.05) is 30.2 Å². The van der Waals surface area contributed by atoms with Crippen LogP contribution in [-0.4, -0.2) is 26.6 Å². The van der Waals surface area contributed by atoms with Crippen LogP contribution < -0.4 is 9.62 Å². The highest BCUT2D eigenvalue weighted by Gasteiger charge is 2.24. The van der Waals surface area contributed by atoms with Crippen molar-refractivity contribution in [3.63, 3.8) is 0 Å². The summed E-state index contributed by atoms with van der Waals surface area (Å²) in [7, 11) is -3.44. The molecule has 0 saturated carbocycles. The van der Waals surface area contributed by atoms with Gasteiger partial charge in [0.25, 0.3) is 0 Å². The molecule has 6 heteroatoms. The Kier molecular flexibility index (Phi) is 5.51. The van der Waals surface area contributed by atoms with Crippen LogP contribution in [0.1, 0.15) is 45.1 Å². The first-order valence-electron chi connectivity index (χ1n) is 9.17. The van der Waals surface area contributed by atoms with Crippen LogP contribution in [0.25, 0.3) is 0 Å². The average molecular weight is 375 g/mol. The Balaban J connectivity index is 1.75. The Hall–Kier alpha value is -2.08. The molecular weight excluding hydrogens is 348 g/mol. The molecule has 0 fully saturated rings. The molecule has 2 aliphatic rings. The molecule has 1 heterocycles. The number of fused-ring (bicyclic) bond motifs is 1. The van der Waals surface area contributed by atoms with Crippen molar-refractivity contribution in [1.82, 2.24) is 0 Å². The number of aryl methyl sites for hydroxylation is 1. The predicted molar refractivity (Wildman–Crippen MR) is 106 cm³/mol. The van der Waals surface area contributed by atoms with Gasteiger partial charge < -0.3 is 4.90 Å². The van der Waals surface area contributed by atoms with Crippen molar-refractivity contribution in [2.45, 2.75) is 46.0 Å². The lowest BCUT2D eigenvalue weighted by Gasteiger charge is -2.29. The number of nitrogens with zero attached hydrogens (tertiary/aromatic N) is 1. The minimum Gasteiger partial charge on any atom is -0.312 e. The van der Waals surface area contributed by atoms with Crippen LogP contribution >= 0.6 is 0 Å². The Morgan fingerprint density at radius 3 is 2.62 bits per heavy atom. The van der Waals surface area contributed by atoms with Crippen LogP contribution in [0.15, 0.2) is 41.5 Å². The molecule has 0 spiro atoms. The summed E-state index contributed by atoms with van der Waals surface area (Å²) in [5, 5.41) is 0. The number of sulfonamides is 1. The number of anilines is 2. The number of nitrogens with one attached hydrogen (secondary N) is 1. The van der Waals surface area contributed by atoms with Crippen molar-refractivity contribution in [1.29, 1.82) is 0 Å². The van der Waals surface area contributed by atoms with E-state index in [0.29, 0.717) is 25.1 Å². The lowest BCUT2D eigenvalue weighted by molar-refractivity contribution is -0.118. The minimum atomic E-state index is -3.44. The van der Waals surface area contributed by atoms with E-state index in [0.717, 1.165) is 36.1 Å². The molecular formula is C20H26N2O3S. The number of hydrogen-bond acceptors (Lipinski definition) is 3. The normalized spacial score (nSPS) is 17.5. The third kappa shape index (κ3) is 4.36. The summed E-state index contributed by atoms with van der Waals surface area (Å²) in [6.45, 7) is 4.79. The van der Waals surface area contributed by atoms with E-state index in [-0.39, 0.29) is 11.7 Å². The van der Waals surface area contributed by atoms with Gasteiger partial charge in [-0.2, -0.15) is 0 Å². The Morgan fingerprint density at radius 2 is 1.92 bits per heavy atom. The summed E-state index contributed by atoms with van der Waals surface area (Å²) in [6.07, 6.45) is 7.64. The molecule has 140 valence electrons. The number of hydrogen-bond donors (Lipinski definition) is 1. The lowest BCUT2D eigenvalue weighted by atomic mass is 10.0. The van der Waals surface area contributed by atoms with Gasteiger partial charge in [0.1, 0.15) is 0 Å². The van der Waals surface area contributed by atoms with E-state index in [2.05, 4.69) is 11.6 Å². The second-order valence-corrected chi connectivity index (χ2v) is 8.81. The quantitative estimate of drug-likeness (QED) is 0.824. The molecule has 0 bridgehead atoms. The summed E-state index contributed by atoms with van der Waals surface area (Å²) in [5.41, 5.74) is 4.70. The monoisotopic (exact) mass is 374 g/mol. The van der Waals surface area contributed by atoms with Gasteiger partial charge in [-0.15, -0.1) is 0 Å². The molecule has 1 aromatic rings. The van der Waals surface area contributed by atoms with Crippen molar-refractivity contribution in [3.8, 4) is 0 Å². The number of rotatable bonds is 6. The third-order valence-corrected chi connectivity index (χ3v) is 6.12. The molecule has 5 nitrogen and oxygen atoms in total. The van der Waals surface area contributed by atoms with Gasteiger partial charge in [0.15, 0.2) is 0 Å². The second kappa shape index (κ2) is 7.66. The van der Waals surface area contributed by atoms with Crippen molar-refractivity contribution in [2.75, 3.05) is 21.9 Å². The van der Waals surface area contributed by atoms with E-state index in [1.807, 2.05) is 31.2 Å². The highest BCUT2D eigenvalue weighted by molar-refractivity contribution is 7.92. The van der Waals surface area contributed by atoms with Gasteiger partial charge in [0.2, 0.25) is 15.9 Å². The maximum Gasteiger partial charge on any atom is 0.236 e. The topological polar surface area (TPSA) is 66.5 Å². The number of benzene rings is 1. The summed E-state index contributed by atoms with van der Waals surface area (Å²) in [5.74, 6) is 0.161. The molecule has 0 unspecified atom stereocenters. The highest BCUT2D eigenvalue weighted by Crippen LogP contribution is 2.31. The fourth-order valence-corrected chi connectivity index (χ4v) is 4.74. The smallest absolute Gasteiger partial charge is 0.236 e. The van der Waals surface area contributed by atoms with Crippen molar-refractivity contribution in [3.05, 3.63) is 47.1 Å². The van der Waals surface area contributed by atoms with Crippen LogP contribution in [0.2, 0.25) is 0 Å². The maximum absolute atomic E-state index is 12.5. The molecule has 1 aliphatic heterocycles. The molecule has 0 radical (unpaired) electrons. The maximum atomic E-state index is 12.5. The first kappa shape index (κ1) is 18.7. The molecule has 0 aromatic heterocycles. The van der Waals surface area contributed by atoms with Crippen molar-refractivity contribution >= 4 is 27.3 Å². The van der Waals surface area contributed by atoms with Crippen molar-refractivity contribution < 1.29 is 13.2 Å². The van der Waals surface area contributed by atoms with Crippen LogP contribution in [0.3, 0.4) is 0 Å². The van der Waals surface area contributed by atoms with Gasteiger partial charge in [-0.05, 0) is 56.4 Å². The summed E-state index contributed by atoms with van der Waals surface area (Å²) >= 11 is 0. The summed E-state index contributed by atoms with van der Waals surface area (Å²) in [4.78, 5) is 13.9. The lowest BCUT2D eigenvalue weighted by Crippen LogP contribution is -2.35. The van der Waals surface area contributed by atoms with E-state index in [4.69, 9.17) is 0 Å². The molecule has 26 heavy (non-hydrogen) atoms. The zero-order chi connectivity index (χ0) is 18.7. The molecule has 1 N–H and O–H groups in total. The van der Waals surface area contributed by atoms with Gasteiger partial charge in [0, 0.05) is 24.3 Å². The first-order valence-corrected chi connectivity index (χ1v) is 10.8. The summed E-state index contributed by atoms with van der Waals surface area (Å²) < 4.78 is 27.7. The zero-order valence-electron chi connectivity index (χ0n) is 15.4. The first-order chi connectivity index (χ1) is 12.4. The average Bonchev–Trinajstić information content (AvgIpc) is 2.59. The second-order valence-electron chi connectivity index (χ2n) is 7.09. The third-order valence-electron chi connectivity index (χ3n) is 4.82. The fourth-order valence-electron chi connectivity index (χ4n) is 3.46. The number of carbonyl (C=O) groups excluding carboxylic acids is 1. The molecule has 3 rings (SSSR count). The van der Waals surface area contributed by atoms with Gasteiger partial charge in [0.05, 0.1) is 5.75 Å². The van der Waals surface area contributed by atoms with Gasteiger partial charge in [-0.3, -0.25) is 9.52 Å². The molecule has 1 aromatic carbocycles. The van der Waals surface area contributed by atoms with E-state index in [9.17, 15) is 13.2 Å². The highest BCUT2D eigenvalue weighted by atomic mass is 32.2. The van der Waals surface area contributed by atoms with Crippen LogP contribution in [-0.2, 0) is 21.2 Å². The van der Waals surface area contributed by atoms with Gasteiger partial charge in [-0.25, -0.2) is 8.42 Å². The Bertz CT molecular complexity index is 869. The largest absolute Gasteiger partial charge is 0.312 e. The van der Waals surface area contributed by atoms with E-state index >= 15 is 0 Å². The molecule has 1 amide bonds. The summed E-state index contributed by atoms with van der Waals surface area (Å²) in [6, 6.07) is 5.46. The minimum absolute atomic E-state index is 0.0221. The molecule has 0 saturated heterocycles.